The molecule has 0 radical (unpaired) electrons. The van der Waals surface area contributed by atoms with E-state index in [0.717, 1.165) is 0 Å². The predicted molar refractivity (Wildman–Crippen MR) is 122 cm³/mol. The Balaban J connectivity index is 1.73. The molecule has 2 aromatic carbocycles. The fourth-order valence-corrected chi connectivity index (χ4v) is 3.61. The standard InChI is InChI=1S/C21H18BrN3O5S/c1-2-29-18-10-15(12-23-24-21(26)20-7-4-8-31-20)17(22)11-19(18)30-13-14-5-3-6-16(9-14)25(27)28/h3-12H,2,13H2,1H3,(H,24,26). The van der Waals surface area contributed by atoms with Crippen LogP contribution in [0.2, 0.25) is 0 Å². The zero-order valence-electron chi connectivity index (χ0n) is 16.4. The molecule has 1 amide bonds. The molecule has 0 saturated carbocycles. The van der Waals surface area contributed by atoms with E-state index in [2.05, 4.69) is 26.5 Å². The van der Waals surface area contributed by atoms with Crippen molar-refractivity contribution in [2.45, 2.75) is 13.5 Å². The molecule has 3 rings (SSSR count). The van der Waals surface area contributed by atoms with Gasteiger partial charge in [-0.15, -0.1) is 11.3 Å². The van der Waals surface area contributed by atoms with Crippen molar-refractivity contribution in [2.75, 3.05) is 6.61 Å². The third-order valence-electron chi connectivity index (χ3n) is 3.99. The lowest BCUT2D eigenvalue weighted by Gasteiger charge is -2.14. The fraction of sp³-hybridized carbons (Fsp3) is 0.143. The van der Waals surface area contributed by atoms with Crippen molar-refractivity contribution in [2.24, 2.45) is 5.10 Å². The molecule has 3 aromatic rings. The summed E-state index contributed by atoms with van der Waals surface area (Å²) in [5.41, 5.74) is 3.82. The summed E-state index contributed by atoms with van der Waals surface area (Å²) in [5, 5.41) is 16.8. The maximum Gasteiger partial charge on any atom is 0.281 e. The van der Waals surface area contributed by atoms with Crippen molar-refractivity contribution in [3.63, 3.8) is 0 Å². The normalized spacial score (nSPS) is 10.8. The van der Waals surface area contributed by atoms with Crippen molar-refractivity contribution in [3.8, 4) is 11.5 Å². The number of amides is 1. The summed E-state index contributed by atoms with van der Waals surface area (Å²) in [6, 6.07) is 13.2. The molecule has 0 unspecified atom stereocenters. The summed E-state index contributed by atoms with van der Waals surface area (Å²) in [7, 11) is 0. The minimum absolute atomic E-state index is 0.00321. The molecule has 1 aromatic heterocycles. The van der Waals surface area contributed by atoms with Gasteiger partial charge in [-0.3, -0.25) is 14.9 Å². The summed E-state index contributed by atoms with van der Waals surface area (Å²) < 4.78 is 12.2. The van der Waals surface area contributed by atoms with E-state index in [0.29, 0.717) is 38.6 Å². The molecule has 0 aliphatic carbocycles. The van der Waals surface area contributed by atoms with E-state index in [1.54, 1.807) is 36.4 Å². The molecule has 0 aliphatic heterocycles. The molecule has 1 N–H and O–H groups in total. The maximum atomic E-state index is 12.0. The summed E-state index contributed by atoms with van der Waals surface area (Å²) in [4.78, 5) is 23.0. The highest BCUT2D eigenvalue weighted by molar-refractivity contribution is 9.10. The van der Waals surface area contributed by atoms with Gasteiger partial charge in [0.1, 0.15) is 6.61 Å². The Morgan fingerprint density at radius 3 is 2.74 bits per heavy atom. The number of carbonyl (C=O) groups excluding carboxylic acids is 1. The zero-order chi connectivity index (χ0) is 22.2. The van der Waals surface area contributed by atoms with Gasteiger partial charge in [0.25, 0.3) is 11.6 Å². The van der Waals surface area contributed by atoms with Gasteiger partial charge >= 0.3 is 0 Å². The highest BCUT2D eigenvalue weighted by Crippen LogP contribution is 2.34. The molecular formula is C21H18BrN3O5S. The van der Waals surface area contributed by atoms with Crippen LogP contribution in [0.3, 0.4) is 0 Å². The highest BCUT2D eigenvalue weighted by Gasteiger charge is 2.12. The number of thiophene rings is 1. The number of hydrogen-bond donors (Lipinski definition) is 1. The minimum atomic E-state index is -0.447. The molecule has 0 bridgehead atoms. The smallest absolute Gasteiger partial charge is 0.281 e. The van der Waals surface area contributed by atoms with E-state index in [1.165, 1.54) is 29.7 Å². The van der Waals surface area contributed by atoms with Gasteiger partial charge in [0.15, 0.2) is 11.5 Å². The minimum Gasteiger partial charge on any atom is -0.490 e. The molecular weight excluding hydrogens is 486 g/mol. The summed E-state index contributed by atoms with van der Waals surface area (Å²) in [6.45, 7) is 2.40. The van der Waals surface area contributed by atoms with Gasteiger partial charge in [0.2, 0.25) is 0 Å². The number of carbonyl (C=O) groups is 1. The fourth-order valence-electron chi connectivity index (χ4n) is 2.58. The second-order valence-corrected chi connectivity index (χ2v) is 7.95. The Labute approximate surface area is 190 Å². The lowest BCUT2D eigenvalue weighted by molar-refractivity contribution is -0.384. The van der Waals surface area contributed by atoms with Crippen LogP contribution in [-0.2, 0) is 6.61 Å². The number of non-ortho nitro benzene ring substituents is 1. The number of nitrogens with zero attached hydrogens (tertiary/aromatic N) is 2. The van der Waals surface area contributed by atoms with Crippen molar-refractivity contribution in [1.29, 1.82) is 0 Å². The maximum absolute atomic E-state index is 12.0. The molecule has 1 heterocycles. The van der Waals surface area contributed by atoms with E-state index >= 15 is 0 Å². The second kappa shape index (κ2) is 10.7. The van der Waals surface area contributed by atoms with Gasteiger partial charge in [0.05, 0.1) is 22.6 Å². The van der Waals surface area contributed by atoms with Gasteiger partial charge in [0, 0.05) is 22.2 Å². The van der Waals surface area contributed by atoms with Crippen LogP contribution in [0.25, 0.3) is 0 Å². The second-order valence-electron chi connectivity index (χ2n) is 6.15. The van der Waals surface area contributed by atoms with Crippen LogP contribution in [0.15, 0.2) is 63.5 Å². The molecule has 10 heteroatoms. The quantitative estimate of drug-likeness (QED) is 0.246. The first kappa shape index (κ1) is 22.4. The summed E-state index contributed by atoms with van der Waals surface area (Å²) in [5.74, 6) is 0.673. The van der Waals surface area contributed by atoms with Crippen molar-refractivity contribution in [1.82, 2.24) is 5.43 Å². The van der Waals surface area contributed by atoms with Crippen LogP contribution >= 0.6 is 27.3 Å². The van der Waals surface area contributed by atoms with Crippen molar-refractivity contribution < 1.29 is 19.2 Å². The van der Waals surface area contributed by atoms with Gasteiger partial charge in [-0.25, -0.2) is 5.43 Å². The number of nitro groups is 1. The summed E-state index contributed by atoms with van der Waals surface area (Å²) >= 11 is 4.80. The molecule has 160 valence electrons. The third-order valence-corrected chi connectivity index (χ3v) is 5.55. The van der Waals surface area contributed by atoms with Crippen LogP contribution in [0.5, 0.6) is 11.5 Å². The van der Waals surface area contributed by atoms with E-state index in [4.69, 9.17) is 9.47 Å². The van der Waals surface area contributed by atoms with Crippen LogP contribution in [0, 0.1) is 10.1 Å². The molecule has 0 fully saturated rings. The zero-order valence-corrected chi connectivity index (χ0v) is 18.8. The first-order valence-corrected chi connectivity index (χ1v) is 10.8. The number of halogens is 1. The number of hydrazone groups is 1. The number of nitro benzene ring substituents is 1. The highest BCUT2D eigenvalue weighted by atomic mass is 79.9. The van der Waals surface area contributed by atoms with E-state index in [9.17, 15) is 14.9 Å². The van der Waals surface area contributed by atoms with Gasteiger partial charge in [-0.05, 0) is 52.0 Å². The van der Waals surface area contributed by atoms with E-state index in [1.807, 2.05) is 12.3 Å². The number of ether oxygens (including phenoxy) is 2. The Kier molecular flexibility index (Phi) is 7.74. The third kappa shape index (κ3) is 6.12. The van der Waals surface area contributed by atoms with Gasteiger partial charge in [-0.1, -0.05) is 18.2 Å². The van der Waals surface area contributed by atoms with E-state index < -0.39 is 4.92 Å². The van der Waals surface area contributed by atoms with Crippen molar-refractivity contribution >= 4 is 45.1 Å². The van der Waals surface area contributed by atoms with Crippen LogP contribution in [-0.4, -0.2) is 23.7 Å². The number of nitrogens with one attached hydrogen (secondary N) is 1. The molecule has 31 heavy (non-hydrogen) atoms. The first-order valence-electron chi connectivity index (χ1n) is 9.17. The monoisotopic (exact) mass is 503 g/mol. The Morgan fingerprint density at radius 1 is 1.23 bits per heavy atom. The average molecular weight is 504 g/mol. The topological polar surface area (TPSA) is 103 Å². The Hall–Kier alpha value is -3.24. The van der Waals surface area contributed by atoms with Crippen LogP contribution < -0.4 is 14.9 Å². The Bertz CT molecular complexity index is 1100. The number of benzene rings is 2. The largest absolute Gasteiger partial charge is 0.490 e. The average Bonchev–Trinajstić information content (AvgIpc) is 3.30. The summed E-state index contributed by atoms with van der Waals surface area (Å²) in [6.07, 6.45) is 1.50. The lowest BCUT2D eigenvalue weighted by atomic mass is 10.2. The lowest BCUT2D eigenvalue weighted by Crippen LogP contribution is -2.16. The SMILES string of the molecule is CCOc1cc(C=NNC(=O)c2cccs2)c(Br)cc1OCc1cccc([N+](=O)[O-])c1. The van der Waals surface area contributed by atoms with Crippen LogP contribution in [0.1, 0.15) is 27.7 Å². The predicted octanol–water partition coefficient (Wildman–Crippen LogP) is 5.16. The molecule has 0 aliphatic rings. The Morgan fingerprint density at radius 2 is 2.03 bits per heavy atom. The van der Waals surface area contributed by atoms with E-state index in [-0.39, 0.29) is 18.2 Å². The molecule has 8 nitrogen and oxygen atoms in total. The number of hydrogen-bond acceptors (Lipinski definition) is 7. The first-order chi connectivity index (χ1) is 15.0. The molecule has 0 atom stereocenters. The molecule has 0 saturated heterocycles. The van der Waals surface area contributed by atoms with Gasteiger partial charge < -0.3 is 9.47 Å². The van der Waals surface area contributed by atoms with Gasteiger partial charge in [-0.2, -0.15) is 5.10 Å². The molecule has 0 spiro atoms. The van der Waals surface area contributed by atoms with Crippen molar-refractivity contribution in [3.05, 3.63) is 84.5 Å². The van der Waals surface area contributed by atoms with Crippen LogP contribution in [0.4, 0.5) is 5.69 Å². The number of rotatable bonds is 9.